The summed E-state index contributed by atoms with van der Waals surface area (Å²) in [5.41, 5.74) is 1.96. The first-order valence-electron chi connectivity index (χ1n) is 5.77. The van der Waals surface area contributed by atoms with Crippen molar-refractivity contribution in [3.8, 4) is 0 Å². The fraction of sp³-hybridized carbons (Fsp3) is 0.308. The summed E-state index contributed by atoms with van der Waals surface area (Å²) in [6, 6.07) is 7.57. The molecule has 0 amide bonds. The number of aliphatic hydroxyl groups is 1. The molecule has 2 aromatic rings. The monoisotopic (exact) mass is 284 g/mol. The molecule has 0 unspecified atom stereocenters. The van der Waals surface area contributed by atoms with Gasteiger partial charge < -0.3 is 5.11 Å². The molecule has 0 radical (unpaired) electrons. The number of nitrogens with zero attached hydrogens (tertiary/aromatic N) is 2. The molecule has 1 heterocycles. The van der Waals surface area contributed by atoms with Gasteiger partial charge in [-0.15, -0.1) is 11.8 Å². The molecule has 0 atom stereocenters. The summed E-state index contributed by atoms with van der Waals surface area (Å²) in [4.78, 5) is 3.93. The van der Waals surface area contributed by atoms with Crippen LogP contribution in [-0.2, 0) is 18.1 Å². The molecular formula is C13H14F2N2OS. The summed E-state index contributed by atoms with van der Waals surface area (Å²) in [6.45, 7) is -2.51. The summed E-state index contributed by atoms with van der Waals surface area (Å²) in [5.74, 6) is 1.55. The molecule has 6 heteroatoms. The largest absolute Gasteiger partial charge is 0.392 e. The molecule has 1 aromatic carbocycles. The van der Waals surface area contributed by atoms with Crippen LogP contribution in [0.15, 0.2) is 36.7 Å². The van der Waals surface area contributed by atoms with Crippen molar-refractivity contribution >= 4 is 11.8 Å². The van der Waals surface area contributed by atoms with Crippen molar-refractivity contribution < 1.29 is 13.9 Å². The molecule has 3 nitrogen and oxygen atoms in total. The van der Waals surface area contributed by atoms with Crippen LogP contribution in [0.25, 0.3) is 0 Å². The van der Waals surface area contributed by atoms with Crippen LogP contribution in [0.5, 0.6) is 0 Å². The number of thioether (sulfide) groups is 1. The standard InChI is InChI=1S/C13H14F2N2OS/c14-13(15)17-6-5-16-12(17)9-19-8-11-3-1-10(7-18)2-4-11/h1-6,13,18H,7-9H2. The lowest BCUT2D eigenvalue weighted by Gasteiger charge is -2.06. The van der Waals surface area contributed by atoms with E-state index in [-0.39, 0.29) is 6.61 Å². The number of alkyl halides is 2. The Kier molecular flexibility index (Phi) is 4.93. The highest BCUT2D eigenvalue weighted by atomic mass is 32.2. The zero-order valence-electron chi connectivity index (χ0n) is 10.2. The average molecular weight is 284 g/mol. The number of aromatic nitrogens is 2. The Morgan fingerprint density at radius 1 is 1.16 bits per heavy atom. The highest BCUT2D eigenvalue weighted by molar-refractivity contribution is 7.97. The number of hydrogen-bond acceptors (Lipinski definition) is 3. The van der Waals surface area contributed by atoms with Gasteiger partial charge in [-0.1, -0.05) is 24.3 Å². The number of benzene rings is 1. The summed E-state index contributed by atoms with van der Waals surface area (Å²) < 4.78 is 26.0. The SMILES string of the molecule is OCc1ccc(CSCc2nccn2C(F)F)cc1. The van der Waals surface area contributed by atoms with Crippen molar-refractivity contribution in [1.82, 2.24) is 9.55 Å². The normalized spacial score (nSPS) is 11.2. The highest BCUT2D eigenvalue weighted by Crippen LogP contribution is 2.20. The zero-order chi connectivity index (χ0) is 13.7. The number of halogens is 2. The van der Waals surface area contributed by atoms with Gasteiger partial charge in [0.2, 0.25) is 0 Å². The topological polar surface area (TPSA) is 38.1 Å². The Balaban J connectivity index is 1.87. The molecule has 102 valence electrons. The average Bonchev–Trinajstić information content (AvgIpc) is 2.88. The van der Waals surface area contributed by atoms with E-state index in [2.05, 4.69) is 4.98 Å². The Hall–Kier alpha value is -1.40. The summed E-state index contributed by atoms with van der Waals surface area (Å²) >= 11 is 1.53. The van der Waals surface area contributed by atoms with Crippen LogP contribution >= 0.6 is 11.8 Å². The summed E-state index contributed by atoms with van der Waals surface area (Å²) in [7, 11) is 0. The molecule has 0 saturated heterocycles. The lowest BCUT2D eigenvalue weighted by molar-refractivity contribution is 0.0678. The minimum atomic E-state index is -2.54. The van der Waals surface area contributed by atoms with Gasteiger partial charge in [-0.2, -0.15) is 8.78 Å². The van der Waals surface area contributed by atoms with Crippen LogP contribution in [-0.4, -0.2) is 14.7 Å². The van der Waals surface area contributed by atoms with Crippen molar-refractivity contribution in [2.24, 2.45) is 0 Å². The van der Waals surface area contributed by atoms with Crippen molar-refractivity contribution in [2.75, 3.05) is 0 Å². The predicted octanol–water partition coefficient (Wildman–Crippen LogP) is 3.20. The van der Waals surface area contributed by atoms with E-state index in [0.29, 0.717) is 11.6 Å². The maximum Gasteiger partial charge on any atom is 0.319 e. The van der Waals surface area contributed by atoms with Crippen LogP contribution in [0.2, 0.25) is 0 Å². The second-order valence-corrected chi connectivity index (χ2v) is 4.98. The fourth-order valence-corrected chi connectivity index (χ4v) is 2.57. The van der Waals surface area contributed by atoms with Crippen molar-refractivity contribution in [3.63, 3.8) is 0 Å². The van der Waals surface area contributed by atoms with E-state index < -0.39 is 6.55 Å². The van der Waals surface area contributed by atoms with Crippen LogP contribution < -0.4 is 0 Å². The van der Waals surface area contributed by atoms with Gasteiger partial charge >= 0.3 is 6.55 Å². The minimum Gasteiger partial charge on any atom is -0.392 e. The third kappa shape index (κ3) is 3.78. The zero-order valence-corrected chi connectivity index (χ0v) is 11.0. The second kappa shape index (κ2) is 6.68. The summed E-state index contributed by atoms with van der Waals surface area (Å²) in [5, 5.41) is 8.92. The quantitative estimate of drug-likeness (QED) is 0.885. The fourth-order valence-electron chi connectivity index (χ4n) is 1.63. The molecule has 1 aromatic heterocycles. The Labute approximate surface area is 114 Å². The minimum absolute atomic E-state index is 0.0270. The van der Waals surface area contributed by atoms with E-state index in [1.165, 1.54) is 24.2 Å². The first-order chi connectivity index (χ1) is 9.20. The van der Waals surface area contributed by atoms with Crippen LogP contribution in [0.4, 0.5) is 8.78 Å². The molecule has 0 aliphatic heterocycles. The van der Waals surface area contributed by atoms with E-state index in [4.69, 9.17) is 5.11 Å². The Morgan fingerprint density at radius 3 is 2.47 bits per heavy atom. The van der Waals surface area contributed by atoms with E-state index in [0.717, 1.165) is 21.4 Å². The Bertz CT molecular complexity index is 514. The van der Waals surface area contributed by atoms with Gasteiger partial charge in [0.15, 0.2) is 0 Å². The molecule has 0 fully saturated rings. The molecule has 0 aliphatic rings. The van der Waals surface area contributed by atoms with Gasteiger partial charge in [0, 0.05) is 18.1 Å². The van der Waals surface area contributed by atoms with Crippen molar-refractivity contribution in [2.45, 2.75) is 24.7 Å². The van der Waals surface area contributed by atoms with E-state index in [1.807, 2.05) is 24.3 Å². The maximum atomic E-state index is 12.6. The Morgan fingerprint density at radius 2 is 1.84 bits per heavy atom. The van der Waals surface area contributed by atoms with E-state index in [9.17, 15) is 8.78 Å². The molecule has 0 aliphatic carbocycles. The highest BCUT2D eigenvalue weighted by Gasteiger charge is 2.10. The smallest absolute Gasteiger partial charge is 0.319 e. The van der Waals surface area contributed by atoms with Gasteiger partial charge in [0.1, 0.15) is 5.82 Å². The third-order valence-electron chi connectivity index (χ3n) is 2.66. The predicted molar refractivity (Wildman–Crippen MR) is 70.8 cm³/mol. The third-order valence-corrected chi connectivity index (χ3v) is 3.66. The van der Waals surface area contributed by atoms with Gasteiger partial charge in [0.05, 0.1) is 12.4 Å². The number of rotatable bonds is 6. The maximum absolute atomic E-state index is 12.6. The number of imidazole rings is 1. The van der Waals surface area contributed by atoms with Crippen LogP contribution in [0.3, 0.4) is 0 Å². The molecule has 0 spiro atoms. The van der Waals surface area contributed by atoms with Gasteiger partial charge in [-0.3, -0.25) is 4.57 Å². The first kappa shape index (κ1) is 14.0. The van der Waals surface area contributed by atoms with Gasteiger partial charge in [-0.25, -0.2) is 4.98 Å². The van der Waals surface area contributed by atoms with Crippen molar-refractivity contribution in [1.29, 1.82) is 0 Å². The molecular weight excluding hydrogens is 270 g/mol. The molecule has 1 N–H and O–H groups in total. The lowest BCUT2D eigenvalue weighted by Crippen LogP contribution is -2.02. The first-order valence-corrected chi connectivity index (χ1v) is 6.92. The van der Waals surface area contributed by atoms with E-state index in [1.54, 1.807) is 0 Å². The molecule has 0 bridgehead atoms. The summed E-state index contributed by atoms with van der Waals surface area (Å²) in [6.07, 6.45) is 2.68. The van der Waals surface area contributed by atoms with E-state index >= 15 is 0 Å². The molecule has 2 rings (SSSR count). The van der Waals surface area contributed by atoms with Crippen LogP contribution in [0, 0.1) is 0 Å². The number of hydrogen-bond donors (Lipinski definition) is 1. The van der Waals surface area contributed by atoms with Gasteiger partial charge in [0.25, 0.3) is 0 Å². The number of aliphatic hydroxyl groups excluding tert-OH is 1. The lowest BCUT2D eigenvalue weighted by atomic mass is 10.2. The van der Waals surface area contributed by atoms with Crippen molar-refractivity contribution in [3.05, 3.63) is 53.6 Å². The molecule has 19 heavy (non-hydrogen) atoms. The second-order valence-electron chi connectivity index (χ2n) is 4.00. The molecule has 0 saturated carbocycles. The van der Waals surface area contributed by atoms with Crippen LogP contribution in [0.1, 0.15) is 23.5 Å². The van der Waals surface area contributed by atoms with Gasteiger partial charge in [-0.05, 0) is 11.1 Å².